The van der Waals surface area contributed by atoms with E-state index in [1.807, 2.05) is 13.0 Å². The SMILES string of the molecule is COc1cccc(CN2CCC(CCC(C)O)C2)c1. The molecule has 0 aliphatic carbocycles. The Morgan fingerprint density at radius 1 is 1.47 bits per heavy atom. The molecule has 0 radical (unpaired) electrons. The van der Waals surface area contributed by atoms with Gasteiger partial charge in [0.2, 0.25) is 0 Å². The second kappa shape index (κ2) is 6.92. The molecule has 1 aliphatic heterocycles. The summed E-state index contributed by atoms with van der Waals surface area (Å²) in [4.78, 5) is 2.50. The van der Waals surface area contributed by atoms with Gasteiger partial charge in [-0.1, -0.05) is 12.1 Å². The van der Waals surface area contributed by atoms with E-state index in [2.05, 4.69) is 23.1 Å². The predicted molar refractivity (Wildman–Crippen MR) is 77.3 cm³/mol. The predicted octanol–water partition coefficient (Wildman–Crippen LogP) is 2.68. The molecule has 1 aliphatic rings. The Morgan fingerprint density at radius 3 is 3.05 bits per heavy atom. The maximum atomic E-state index is 9.34. The Hall–Kier alpha value is -1.06. The number of aliphatic hydroxyl groups excluding tert-OH is 1. The lowest BCUT2D eigenvalue weighted by Crippen LogP contribution is -2.20. The molecule has 1 heterocycles. The highest BCUT2D eigenvalue weighted by Gasteiger charge is 2.22. The van der Waals surface area contributed by atoms with Crippen LogP contribution < -0.4 is 4.74 Å². The third-order valence-corrected chi connectivity index (χ3v) is 3.90. The van der Waals surface area contributed by atoms with Gasteiger partial charge >= 0.3 is 0 Å². The summed E-state index contributed by atoms with van der Waals surface area (Å²) in [6, 6.07) is 8.31. The van der Waals surface area contributed by atoms with Crippen LogP contribution in [0.2, 0.25) is 0 Å². The van der Waals surface area contributed by atoms with Crippen LogP contribution in [0.3, 0.4) is 0 Å². The minimum Gasteiger partial charge on any atom is -0.497 e. The summed E-state index contributed by atoms with van der Waals surface area (Å²) in [5.74, 6) is 1.68. The number of rotatable bonds is 6. The highest BCUT2D eigenvalue weighted by atomic mass is 16.5. The zero-order valence-corrected chi connectivity index (χ0v) is 12.0. The van der Waals surface area contributed by atoms with Crippen LogP contribution in [0.4, 0.5) is 0 Å². The first kappa shape index (κ1) is 14.4. The summed E-state index contributed by atoms with van der Waals surface area (Å²) in [6.45, 7) is 5.21. The molecular formula is C16H25NO2. The van der Waals surface area contributed by atoms with Gasteiger partial charge in [-0.15, -0.1) is 0 Å². The average Bonchev–Trinajstić information content (AvgIpc) is 2.84. The monoisotopic (exact) mass is 263 g/mol. The molecular weight excluding hydrogens is 238 g/mol. The summed E-state index contributed by atoms with van der Waals surface area (Å²) in [5, 5.41) is 9.34. The van der Waals surface area contributed by atoms with E-state index in [1.54, 1.807) is 7.11 Å². The standard InChI is InChI=1S/C16H25NO2/c1-13(18)6-7-14-8-9-17(11-14)12-15-4-3-5-16(10-15)19-2/h3-5,10,13-14,18H,6-9,11-12H2,1-2H3. The number of hydrogen-bond acceptors (Lipinski definition) is 3. The number of aliphatic hydroxyl groups is 1. The fourth-order valence-electron chi connectivity index (χ4n) is 2.80. The molecule has 106 valence electrons. The van der Waals surface area contributed by atoms with Crippen LogP contribution in [-0.4, -0.2) is 36.3 Å². The van der Waals surface area contributed by atoms with Gasteiger partial charge in [0.15, 0.2) is 0 Å². The fourth-order valence-corrected chi connectivity index (χ4v) is 2.80. The second-order valence-electron chi connectivity index (χ2n) is 5.67. The van der Waals surface area contributed by atoms with Crippen molar-refractivity contribution in [3.05, 3.63) is 29.8 Å². The van der Waals surface area contributed by atoms with E-state index >= 15 is 0 Å². The van der Waals surface area contributed by atoms with Crippen LogP contribution >= 0.6 is 0 Å². The van der Waals surface area contributed by atoms with Gasteiger partial charge in [-0.3, -0.25) is 4.90 Å². The third kappa shape index (κ3) is 4.51. The van der Waals surface area contributed by atoms with E-state index < -0.39 is 0 Å². The largest absolute Gasteiger partial charge is 0.497 e. The Kier molecular flexibility index (Phi) is 5.23. The van der Waals surface area contributed by atoms with Crippen LogP contribution in [0, 0.1) is 5.92 Å². The lowest BCUT2D eigenvalue weighted by atomic mass is 10.0. The fraction of sp³-hybridized carbons (Fsp3) is 0.625. The molecule has 0 spiro atoms. The first-order chi connectivity index (χ1) is 9.17. The molecule has 1 aromatic carbocycles. The third-order valence-electron chi connectivity index (χ3n) is 3.90. The van der Waals surface area contributed by atoms with Gasteiger partial charge in [0, 0.05) is 13.1 Å². The maximum absolute atomic E-state index is 9.34. The van der Waals surface area contributed by atoms with Crippen molar-refractivity contribution in [3.8, 4) is 5.75 Å². The van der Waals surface area contributed by atoms with Gasteiger partial charge in [-0.25, -0.2) is 0 Å². The van der Waals surface area contributed by atoms with Crippen molar-refractivity contribution >= 4 is 0 Å². The van der Waals surface area contributed by atoms with Crippen molar-refractivity contribution < 1.29 is 9.84 Å². The first-order valence-corrected chi connectivity index (χ1v) is 7.20. The molecule has 2 atom stereocenters. The number of ether oxygens (including phenoxy) is 1. The molecule has 0 bridgehead atoms. The number of nitrogens with zero attached hydrogens (tertiary/aromatic N) is 1. The molecule has 3 heteroatoms. The van der Waals surface area contributed by atoms with Crippen LogP contribution in [0.5, 0.6) is 5.75 Å². The van der Waals surface area contributed by atoms with Crippen molar-refractivity contribution in [2.24, 2.45) is 5.92 Å². The maximum Gasteiger partial charge on any atom is 0.119 e. The quantitative estimate of drug-likeness (QED) is 0.856. The highest BCUT2D eigenvalue weighted by molar-refractivity contribution is 5.28. The van der Waals surface area contributed by atoms with Crippen molar-refractivity contribution in [2.45, 2.75) is 38.8 Å². The second-order valence-corrected chi connectivity index (χ2v) is 5.67. The van der Waals surface area contributed by atoms with E-state index in [4.69, 9.17) is 4.74 Å². The van der Waals surface area contributed by atoms with Crippen molar-refractivity contribution in [1.29, 1.82) is 0 Å². The van der Waals surface area contributed by atoms with Gasteiger partial charge in [-0.2, -0.15) is 0 Å². The molecule has 1 aromatic rings. The van der Waals surface area contributed by atoms with Crippen LogP contribution in [-0.2, 0) is 6.54 Å². The smallest absolute Gasteiger partial charge is 0.119 e. The van der Waals surface area contributed by atoms with E-state index in [-0.39, 0.29) is 6.10 Å². The van der Waals surface area contributed by atoms with Crippen molar-refractivity contribution in [2.75, 3.05) is 20.2 Å². The molecule has 19 heavy (non-hydrogen) atoms. The summed E-state index contributed by atoms with van der Waals surface area (Å²) in [6.07, 6.45) is 3.17. The molecule has 0 aromatic heterocycles. The lowest BCUT2D eigenvalue weighted by molar-refractivity contribution is 0.173. The van der Waals surface area contributed by atoms with E-state index in [1.165, 1.54) is 18.5 Å². The Bertz CT molecular complexity index is 392. The van der Waals surface area contributed by atoms with Gasteiger partial charge in [0.05, 0.1) is 13.2 Å². The molecule has 0 saturated carbocycles. The molecule has 2 unspecified atom stereocenters. The number of hydrogen-bond donors (Lipinski definition) is 1. The molecule has 1 N–H and O–H groups in total. The van der Waals surface area contributed by atoms with Gasteiger partial charge in [0.25, 0.3) is 0 Å². The summed E-state index contributed by atoms with van der Waals surface area (Å²) in [7, 11) is 1.71. The minimum absolute atomic E-state index is 0.160. The van der Waals surface area contributed by atoms with Gasteiger partial charge in [0.1, 0.15) is 5.75 Å². The summed E-state index contributed by atoms with van der Waals surface area (Å²) >= 11 is 0. The van der Waals surface area contributed by atoms with E-state index in [9.17, 15) is 5.11 Å². The van der Waals surface area contributed by atoms with E-state index in [0.717, 1.165) is 37.6 Å². The number of likely N-dealkylation sites (tertiary alicyclic amines) is 1. The zero-order chi connectivity index (χ0) is 13.7. The van der Waals surface area contributed by atoms with Crippen molar-refractivity contribution in [3.63, 3.8) is 0 Å². The Labute approximate surface area is 116 Å². The molecule has 0 amide bonds. The first-order valence-electron chi connectivity index (χ1n) is 7.20. The normalized spacial score (nSPS) is 21.5. The average molecular weight is 263 g/mol. The van der Waals surface area contributed by atoms with Gasteiger partial charge in [-0.05, 0) is 56.3 Å². The van der Waals surface area contributed by atoms with Crippen molar-refractivity contribution in [1.82, 2.24) is 4.90 Å². The lowest BCUT2D eigenvalue weighted by Gasteiger charge is -2.17. The number of methoxy groups -OCH3 is 1. The topological polar surface area (TPSA) is 32.7 Å². The molecule has 3 nitrogen and oxygen atoms in total. The molecule has 1 saturated heterocycles. The van der Waals surface area contributed by atoms with Crippen LogP contribution in [0.25, 0.3) is 0 Å². The highest BCUT2D eigenvalue weighted by Crippen LogP contribution is 2.24. The zero-order valence-electron chi connectivity index (χ0n) is 12.0. The van der Waals surface area contributed by atoms with Gasteiger partial charge < -0.3 is 9.84 Å². The Morgan fingerprint density at radius 2 is 2.32 bits per heavy atom. The Balaban J connectivity index is 1.81. The summed E-state index contributed by atoms with van der Waals surface area (Å²) in [5.41, 5.74) is 1.32. The number of benzene rings is 1. The summed E-state index contributed by atoms with van der Waals surface area (Å²) < 4.78 is 5.26. The van der Waals surface area contributed by atoms with Crippen LogP contribution in [0.1, 0.15) is 31.7 Å². The van der Waals surface area contributed by atoms with Crippen LogP contribution in [0.15, 0.2) is 24.3 Å². The molecule has 2 rings (SSSR count). The molecule has 1 fully saturated rings. The van der Waals surface area contributed by atoms with E-state index in [0.29, 0.717) is 0 Å². The minimum atomic E-state index is -0.160.